The molecule has 0 amide bonds. The first-order chi connectivity index (χ1) is 9.80. The van der Waals surface area contributed by atoms with Crippen LogP contribution in [-0.2, 0) is 9.47 Å². The Morgan fingerprint density at radius 1 is 0.950 bits per heavy atom. The van der Waals surface area contributed by atoms with E-state index in [0.29, 0.717) is 12.2 Å². The maximum atomic E-state index is 6.69. The molecule has 0 saturated heterocycles. The first-order valence-corrected chi connectivity index (χ1v) is 8.74. The van der Waals surface area contributed by atoms with Crippen LogP contribution in [-0.4, -0.2) is 37.5 Å². The van der Waals surface area contributed by atoms with E-state index >= 15 is 0 Å². The Hall–Kier alpha value is -0.120. The van der Waals surface area contributed by atoms with Gasteiger partial charge in [-0.3, -0.25) is 0 Å². The summed E-state index contributed by atoms with van der Waals surface area (Å²) < 4.78 is 12.2. The molecule has 2 atom stereocenters. The molecule has 0 heterocycles. The van der Waals surface area contributed by atoms with Crippen molar-refractivity contribution in [1.82, 2.24) is 5.32 Å². The minimum atomic E-state index is 0.126. The van der Waals surface area contributed by atoms with Gasteiger partial charge in [0.15, 0.2) is 0 Å². The van der Waals surface area contributed by atoms with Gasteiger partial charge in [-0.15, -0.1) is 0 Å². The van der Waals surface area contributed by atoms with E-state index in [1.807, 2.05) is 7.11 Å². The molecule has 0 aliphatic heterocycles. The molecule has 3 heteroatoms. The predicted molar refractivity (Wildman–Crippen MR) is 81.0 cm³/mol. The van der Waals surface area contributed by atoms with Crippen molar-refractivity contribution >= 4 is 0 Å². The van der Waals surface area contributed by atoms with Gasteiger partial charge in [0.1, 0.15) is 0 Å². The Labute approximate surface area is 123 Å². The third-order valence-corrected chi connectivity index (χ3v) is 5.38. The second-order valence-corrected chi connectivity index (χ2v) is 7.16. The van der Waals surface area contributed by atoms with Crippen molar-refractivity contribution in [3.63, 3.8) is 0 Å². The van der Waals surface area contributed by atoms with Crippen LogP contribution in [0.25, 0.3) is 0 Å². The number of ether oxygens (including phenoxy) is 2. The Kier molecular flexibility index (Phi) is 5.00. The smallest absolute Gasteiger partial charge is 0.0810 e. The van der Waals surface area contributed by atoms with Crippen LogP contribution in [0.1, 0.15) is 70.6 Å². The van der Waals surface area contributed by atoms with Crippen LogP contribution in [0.2, 0.25) is 0 Å². The van der Waals surface area contributed by atoms with Gasteiger partial charge >= 0.3 is 0 Å². The second-order valence-electron chi connectivity index (χ2n) is 7.16. The van der Waals surface area contributed by atoms with Crippen molar-refractivity contribution in [2.45, 2.75) is 94.5 Å². The largest absolute Gasteiger partial charge is 0.381 e. The van der Waals surface area contributed by atoms with Crippen molar-refractivity contribution in [2.24, 2.45) is 0 Å². The fourth-order valence-corrected chi connectivity index (χ4v) is 3.93. The minimum absolute atomic E-state index is 0.126. The first kappa shape index (κ1) is 14.8. The van der Waals surface area contributed by atoms with Crippen LogP contribution in [0.4, 0.5) is 0 Å². The van der Waals surface area contributed by atoms with Crippen molar-refractivity contribution in [3.05, 3.63) is 0 Å². The standard InChI is InChI=1S/C17H31NO2/c1-19-15-6-5-7-16(12-15)20-17(10-3-2-4-11-17)13-18-14-8-9-14/h14-16,18H,2-13H2,1H3. The molecule has 0 aromatic heterocycles. The Balaban J connectivity index is 1.56. The van der Waals surface area contributed by atoms with Gasteiger partial charge in [-0.1, -0.05) is 19.3 Å². The molecule has 3 rings (SSSR count). The molecular weight excluding hydrogens is 250 g/mol. The molecule has 0 radical (unpaired) electrons. The summed E-state index contributed by atoms with van der Waals surface area (Å²) in [5.74, 6) is 0. The average Bonchev–Trinajstić information content (AvgIpc) is 3.31. The third kappa shape index (κ3) is 3.96. The van der Waals surface area contributed by atoms with Crippen LogP contribution in [0.5, 0.6) is 0 Å². The molecule has 3 fully saturated rings. The number of rotatable bonds is 6. The van der Waals surface area contributed by atoms with Crippen molar-refractivity contribution in [1.29, 1.82) is 0 Å². The van der Waals surface area contributed by atoms with E-state index in [1.54, 1.807) is 0 Å². The topological polar surface area (TPSA) is 30.5 Å². The third-order valence-electron chi connectivity index (χ3n) is 5.38. The Morgan fingerprint density at radius 2 is 1.70 bits per heavy atom. The molecule has 3 aliphatic carbocycles. The molecule has 0 aromatic rings. The van der Waals surface area contributed by atoms with E-state index in [1.165, 1.54) is 64.2 Å². The SMILES string of the molecule is COC1CCCC(OC2(CNC3CC3)CCCCC2)C1. The van der Waals surface area contributed by atoms with Crippen LogP contribution in [0.3, 0.4) is 0 Å². The predicted octanol–water partition coefficient (Wildman–Crippen LogP) is 3.42. The molecule has 2 unspecified atom stereocenters. The lowest BCUT2D eigenvalue weighted by Gasteiger charge is -2.42. The zero-order valence-corrected chi connectivity index (χ0v) is 13.0. The lowest BCUT2D eigenvalue weighted by molar-refractivity contribution is -0.136. The van der Waals surface area contributed by atoms with Crippen LogP contribution in [0, 0.1) is 0 Å². The summed E-state index contributed by atoms with van der Waals surface area (Å²) in [6.07, 6.45) is 14.9. The lowest BCUT2D eigenvalue weighted by atomic mass is 9.83. The van der Waals surface area contributed by atoms with Gasteiger partial charge in [0.25, 0.3) is 0 Å². The molecule has 0 bridgehead atoms. The van der Waals surface area contributed by atoms with Gasteiger partial charge in [-0.25, -0.2) is 0 Å². The minimum Gasteiger partial charge on any atom is -0.381 e. The number of nitrogens with one attached hydrogen (secondary N) is 1. The number of methoxy groups -OCH3 is 1. The molecule has 20 heavy (non-hydrogen) atoms. The highest BCUT2D eigenvalue weighted by molar-refractivity contribution is 4.92. The van der Waals surface area contributed by atoms with E-state index < -0.39 is 0 Å². The molecular formula is C17H31NO2. The lowest BCUT2D eigenvalue weighted by Crippen LogP contribution is -2.48. The highest BCUT2D eigenvalue weighted by Crippen LogP contribution is 2.36. The van der Waals surface area contributed by atoms with E-state index in [9.17, 15) is 0 Å². The fraction of sp³-hybridized carbons (Fsp3) is 1.00. The summed E-state index contributed by atoms with van der Waals surface area (Å²) in [4.78, 5) is 0. The summed E-state index contributed by atoms with van der Waals surface area (Å²) in [7, 11) is 1.85. The van der Waals surface area contributed by atoms with Crippen LogP contribution in [0.15, 0.2) is 0 Å². The summed E-state index contributed by atoms with van der Waals surface area (Å²) in [5, 5.41) is 3.73. The van der Waals surface area contributed by atoms with E-state index in [0.717, 1.165) is 19.0 Å². The summed E-state index contributed by atoms with van der Waals surface area (Å²) in [5.41, 5.74) is 0.126. The normalized spacial score (nSPS) is 34.0. The zero-order valence-electron chi connectivity index (χ0n) is 13.0. The van der Waals surface area contributed by atoms with E-state index in [4.69, 9.17) is 9.47 Å². The van der Waals surface area contributed by atoms with Crippen LogP contribution >= 0.6 is 0 Å². The first-order valence-electron chi connectivity index (χ1n) is 8.74. The maximum Gasteiger partial charge on any atom is 0.0810 e. The summed E-state index contributed by atoms with van der Waals surface area (Å²) in [6.45, 7) is 1.08. The highest BCUT2D eigenvalue weighted by atomic mass is 16.5. The Morgan fingerprint density at radius 3 is 2.40 bits per heavy atom. The van der Waals surface area contributed by atoms with Gasteiger partial charge in [0, 0.05) is 19.7 Å². The average molecular weight is 281 g/mol. The van der Waals surface area contributed by atoms with Gasteiger partial charge in [0.05, 0.1) is 17.8 Å². The number of hydrogen-bond acceptors (Lipinski definition) is 3. The van der Waals surface area contributed by atoms with Crippen LogP contribution < -0.4 is 5.32 Å². The maximum absolute atomic E-state index is 6.69. The van der Waals surface area contributed by atoms with Gasteiger partial charge in [-0.05, 0) is 51.4 Å². The van der Waals surface area contributed by atoms with E-state index in [2.05, 4.69) is 5.32 Å². The molecule has 3 aliphatic rings. The molecule has 3 nitrogen and oxygen atoms in total. The van der Waals surface area contributed by atoms with Crippen molar-refractivity contribution in [3.8, 4) is 0 Å². The molecule has 0 aromatic carbocycles. The summed E-state index contributed by atoms with van der Waals surface area (Å²) in [6, 6.07) is 0.787. The molecule has 3 saturated carbocycles. The van der Waals surface area contributed by atoms with Gasteiger partial charge in [0.2, 0.25) is 0 Å². The highest BCUT2D eigenvalue weighted by Gasteiger charge is 2.38. The fourth-order valence-electron chi connectivity index (χ4n) is 3.93. The van der Waals surface area contributed by atoms with Crippen molar-refractivity contribution < 1.29 is 9.47 Å². The molecule has 0 spiro atoms. The second kappa shape index (κ2) is 6.76. The van der Waals surface area contributed by atoms with E-state index in [-0.39, 0.29) is 5.60 Å². The molecule has 116 valence electrons. The van der Waals surface area contributed by atoms with Crippen molar-refractivity contribution in [2.75, 3.05) is 13.7 Å². The number of hydrogen-bond donors (Lipinski definition) is 1. The quantitative estimate of drug-likeness (QED) is 0.809. The zero-order chi connectivity index (χ0) is 13.8. The van der Waals surface area contributed by atoms with Gasteiger partial charge < -0.3 is 14.8 Å². The van der Waals surface area contributed by atoms with Gasteiger partial charge in [-0.2, -0.15) is 0 Å². The molecule has 1 N–H and O–H groups in total. The Bertz CT molecular complexity index is 297. The summed E-state index contributed by atoms with van der Waals surface area (Å²) >= 11 is 0. The monoisotopic (exact) mass is 281 g/mol.